The highest BCUT2D eigenvalue weighted by atomic mass is 19.4. The van der Waals surface area contributed by atoms with Crippen LogP contribution in [0.25, 0.3) is 5.69 Å². The molecule has 1 unspecified atom stereocenters. The molecule has 1 aliphatic rings. The van der Waals surface area contributed by atoms with E-state index < -0.39 is 41.6 Å². The van der Waals surface area contributed by atoms with E-state index in [1.807, 2.05) is 0 Å². The van der Waals surface area contributed by atoms with Gasteiger partial charge >= 0.3 is 6.18 Å². The fourth-order valence-electron chi connectivity index (χ4n) is 2.84. The van der Waals surface area contributed by atoms with Crippen LogP contribution in [0.1, 0.15) is 29.3 Å². The highest BCUT2D eigenvalue weighted by molar-refractivity contribution is 5.46. The van der Waals surface area contributed by atoms with Crippen molar-refractivity contribution in [2.45, 2.75) is 31.0 Å². The fraction of sp³-hybridized carbons (Fsp3) is 0.333. The van der Waals surface area contributed by atoms with Gasteiger partial charge in [0.25, 0.3) is 5.92 Å². The van der Waals surface area contributed by atoms with Gasteiger partial charge in [0, 0.05) is 29.6 Å². The summed E-state index contributed by atoms with van der Waals surface area (Å²) in [5.41, 5.74) is -2.17. The van der Waals surface area contributed by atoms with Crippen molar-refractivity contribution >= 4 is 0 Å². The van der Waals surface area contributed by atoms with Crippen molar-refractivity contribution in [1.29, 1.82) is 0 Å². The molecule has 0 saturated carbocycles. The van der Waals surface area contributed by atoms with E-state index in [9.17, 15) is 31.4 Å². The summed E-state index contributed by atoms with van der Waals surface area (Å²) in [7, 11) is 0. The van der Waals surface area contributed by atoms with Crippen molar-refractivity contribution in [1.82, 2.24) is 4.57 Å². The third kappa shape index (κ3) is 2.60. The molecular weight excluding hydrogens is 324 g/mol. The van der Waals surface area contributed by atoms with E-state index in [4.69, 9.17) is 0 Å². The summed E-state index contributed by atoms with van der Waals surface area (Å²) in [5.74, 6) is -4.30. The zero-order chi connectivity index (χ0) is 17.0. The third-order valence-electron chi connectivity index (χ3n) is 3.91. The van der Waals surface area contributed by atoms with Crippen LogP contribution in [0.2, 0.25) is 0 Å². The van der Waals surface area contributed by atoms with E-state index in [0.29, 0.717) is 6.20 Å². The van der Waals surface area contributed by atoms with Gasteiger partial charge in [-0.1, -0.05) is 6.07 Å². The first kappa shape index (κ1) is 15.9. The van der Waals surface area contributed by atoms with E-state index in [2.05, 4.69) is 0 Å². The van der Waals surface area contributed by atoms with Crippen LogP contribution in [-0.2, 0) is 12.6 Å². The second kappa shape index (κ2) is 5.02. The summed E-state index contributed by atoms with van der Waals surface area (Å²) in [4.78, 5) is 0. The lowest BCUT2D eigenvalue weighted by atomic mass is 9.89. The van der Waals surface area contributed by atoms with E-state index >= 15 is 0 Å². The number of hydrogen-bond donors (Lipinski definition) is 1. The molecule has 0 amide bonds. The molecular formula is C15H11F6NO. The Morgan fingerprint density at radius 3 is 2.52 bits per heavy atom. The quantitative estimate of drug-likeness (QED) is 0.775. The minimum absolute atomic E-state index is 0.0779. The highest BCUT2D eigenvalue weighted by Crippen LogP contribution is 2.48. The van der Waals surface area contributed by atoms with Crippen molar-refractivity contribution < 1.29 is 31.4 Å². The molecule has 1 heterocycles. The minimum atomic E-state index is -4.91. The molecule has 0 spiro atoms. The smallest absolute Gasteiger partial charge is 0.382 e. The standard InChI is InChI=1S/C15H11F6NO/c16-8-2-1-3-9(6-8)22-7-10(15(19,20)21)12-11(22)4-5-14(17,18)13(12)23/h1-3,6-7,13,23H,4-5H2. The molecule has 1 atom stereocenters. The summed E-state index contributed by atoms with van der Waals surface area (Å²) in [6.07, 6.45) is -7.96. The lowest BCUT2D eigenvalue weighted by molar-refractivity contribution is -0.147. The Balaban J connectivity index is 2.25. The lowest BCUT2D eigenvalue weighted by Crippen LogP contribution is -2.33. The monoisotopic (exact) mass is 335 g/mol. The first-order valence-corrected chi connectivity index (χ1v) is 6.74. The molecule has 1 aromatic heterocycles. The lowest BCUT2D eigenvalue weighted by Gasteiger charge is -2.29. The number of nitrogens with zero attached hydrogens (tertiary/aromatic N) is 1. The molecule has 0 bridgehead atoms. The molecule has 23 heavy (non-hydrogen) atoms. The predicted octanol–water partition coefficient (Wildman–Crippen LogP) is 4.25. The van der Waals surface area contributed by atoms with Crippen molar-refractivity contribution in [2.75, 3.05) is 0 Å². The zero-order valence-corrected chi connectivity index (χ0v) is 11.5. The second-order valence-corrected chi connectivity index (χ2v) is 5.41. The summed E-state index contributed by atoms with van der Waals surface area (Å²) in [6.45, 7) is 0. The van der Waals surface area contributed by atoms with E-state index in [1.54, 1.807) is 0 Å². The molecule has 0 saturated heterocycles. The van der Waals surface area contributed by atoms with Crippen molar-refractivity contribution in [3.63, 3.8) is 0 Å². The number of aliphatic hydroxyl groups excluding tert-OH is 1. The average molecular weight is 335 g/mol. The molecule has 2 aromatic rings. The number of fused-ring (bicyclic) bond motifs is 1. The van der Waals surface area contributed by atoms with Gasteiger partial charge in [0.05, 0.1) is 5.56 Å². The zero-order valence-electron chi connectivity index (χ0n) is 11.5. The van der Waals surface area contributed by atoms with Gasteiger partial charge in [0.1, 0.15) is 11.9 Å². The van der Waals surface area contributed by atoms with Crippen LogP contribution in [0.3, 0.4) is 0 Å². The highest BCUT2D eigenvalue weighted by Gasteiger charge is 2.50. The van der Waals surface area contributed by atoms with Crippen molar-refractivity contribution in [2.24, 2.45) is 0 Å². The molecule has 2 nitrogen and oxygen atoms in total. The van der Waals surface area contributed by atoms with Gasteiger partial charge < -0.3 is 9.67 Å². The maximum Gasteiger partial charge on any atom is 0.418 e. The molecule has 0 radical (unpaired) electrons. The number of alkyl halides is 5. The van der Waals surface area contributed by atoms with Crippen LogP contribution in [0.15, 0.2) is 30.5 Å². The molecule has 3 rings (SSSR count). The Morgan fingerprint density at radius 2 is 1.91 bits per heavy atom. The minimum Gasteiger partial charge on any atom is -0.382 e. The van der Waals surface area contributed by atoms with Crippen LogP contribution in [0.5, 0.6) is 0 Å². The van der Waals surface area contributed by atoms with Gasteiger partial charge in [-0.15, -0.1) is 0 Å². The van der Waals surface area contributed by atoms with Crippen LogP contribution in [0, 0.1) is 5.82 Å². The Bertz CT molecular complexity index is 749. The first-order chi connectivity index (χ1) is 10.6. The van der Waals surface area contributed by atoms with Crippen molar-refractivity contribution in [3.05, 3.63) is 53.1 Å². The van der Waals surface area contributed by atoms with Gasteiger partial charge in [-0.25, -0.2) is 13.2 Å². The maximum atomic E-state index is 13.6. The van der Waals surface area contributed by atoms with Gasteiger partial charge in [-0.2, -0.15) is 13.2 Å². The molecule has 1 N–H and O–H groups in total. The number of benzene rings is 1. The second-order valence-electron chi connectivity index (χ2n) is 5.41. The van der Waals surface area contributed by atoms with Gasteiger partial charge in [0.2, 0.25) is 0 Å². The van der Waals surface area contributed by atoms with Crippen molar-refractivity contribution in [3.8, 4) is 5.69 Å². The van der Waals surface area contributed by atoms with Crippen LogP contribution in [-0.4, -0.2) is 15.6 Å². The third-order valence-corrected chi connectivity index (χ3v) is 3.91. The largest absolute Gasteiger partial charge is 0.418 e. The Labute approximate surface area is 127 Å². The average Bonchev–Trinajstić information content (AvgIpc) is 2.83. The number of aliphatic hydroxyl groups is 1. The fourth-order valence-corrected chi connectivity index (χ4v) is 2.84. The Hall–Kier alpha value is -1.96. The Morgan fingerprint density at radius 1 is 1.22 bits per heavy atom. The number of halogens is 6. The van der Waals surface area contributed by atoms with Gasteiger partial charge in [-0.3, -0.25) is 0 Å². The molecule has 1 aliphatic carbocycles. The van der Waals surface area contributed by atoms with E-state index in [0.717, 1.165) is 16.7 Å². The SMILES string of the molecule is OC1c2c(C(F)(F)F)cn(-c3cccc(F)c3)c2CCC1(F)F. The molecule has 8 heteroatoms. The van der Waals surface area contributed by atoms with Crippen LogP contribution >= 0.6 is 0 Å². The number of aromatic nitrogens is 1. The first-order valence-electron chi connectivity index (χ1n) is 6.74. The molecule has 124 valence electrons. The Kier molecular flexibility index (Phi) is 3.47. The number of rotatable bonds is 1. The summed E-state index contributed by atoms with van der Waals surface area (Å²) >= 11 is 0. The molecule has 0 fully saturated rings. The topological polar surface area (TPSA) is 25.2 Å². The van der Waals surface area contributed by atoms with E-state index in [1.165, 1.54) is 12.1 Å². The van der Waals surface area contributed by atoms with E-state index in [-0.39, 0.29) is 17.8 Å². The molecule has 1 aromatic carbocycles. The summed E-state index contributed by atoms with van der Waals surface area (Å²) in [6, 6.07) is 4.79. The van der Waals surface area contributed by atoms with Crippen LogP contribution in [0.4, 0.5) is 26.3 Å². The predicted molar refractivity (Wildman–Crippen MR) is 69.0 cm³/mol. The van der Waals surface area contributed by atoms with Crippen LogP contribution < -0.4 is 0 Å². The summed E-state index contributed by atoms with van der Waals surface area (Å²) < 4.78 is 81.1. The normalized spacial score (nSPS) is 20.4. The van der Waals surface area contributed by atoms with Gasteiger partial charge in [0.15, 0.2) is 0 Å². The maximum absolute atomic E-state index is 13.6. The van der Waals surface area contributed by atoms with Gasteiger partial charge in [-0.05, 0) is 24.6 Å². The number of hydrogen-bond acceptors (Lipinski definition) is 1. The molecule has 0 aliphatic heterocycles. The summed E-state index contributed by atoms with van der Waals surface area (Å²) in [5, 5.41) is 9.71.